The normalized spacial score (nSPS) is 15.3. The number of rotatable bonds is 7. The minimum atomic E-state index is -2.75. The molecular weight excluding hydrogens is 563 g/mol. The zero-order chi connectivity index (χ0) is 30.2. The van der Waals surface area contributed by atoms with Crippen molar-refractivity contribution in [1.29, 1.82) is 0 Å². The van der Waals surface area contributed by atoms with Crippen LogP contribution in [-0.2, 0) is 11.8 Å². The summed E-state index contributed by atoms with van der Waals surface area (Å²) in [5.74, 6) is 0.244. The number of nitrogens with zero attached hydrogens (tertiary/aromatic N) is 8. The number of nitrogens with one attached hydrogen (secondary N) is 1. The number of ether oxygens (including phenoxy) is 1. The van der Waals surface area contributed by atoms with Crippen molar-refractivity contribution in [3.8, 4) is 11.5 Å². The number of amides is 1. The number of piperazine rings is 1. The van der Waals surface area contributed by atoms with E-state index in [1.165, 1.54) is 12.4 Å². The molecule has 1 aliphatic heterocycles. The van der Waals surface area contributed by atoms with Crippen LogP contribution in [0.1, 0.15) is 5.56 Å². The van der Waals surface area contributed by atoms with Gasteiger partial charge in [-0.25, -0.2) is 38.1 Å². The lowest BCUT2D eigenvalue weighted by Crippen LogP contribution is -2.57. The highest BCUT2D eigenvalue weighted by molar-refractivity contribution is 5.89. The second kappa shape index (κ2) is 11.2. The molecule has 0 saturated carbocycles. The van der Waals surface area contributed by atoms with Crippen LogP contribution in [0.15, 0.2) is 61.8 Å². The molecule has 11 nitrogen and oxygen atoms in total. The number of fused-ring (bicyclic) bond motifs is 2. The van der Waals surface area contributed by atoms with Crippen molar-refractivity contribution < 1.29 is 22.7 Å². The topological polar surface area (TPSA) is 114 Å². The van der Waals surface area contributed by atoms with Gasteiger partial charge in [0.25, 0.3) is 6.43 Å². The molecule has 0 unspecified atom stereocenters. The van der Waals surface area contributed by atoms with E-state index in [2.05, 4.69) is 36.8 Å². The third-order valence-electron chi connectivity index (χ3n) is 7.30. The predicted octanol–water partition coefficient (Wildman–Crippen LogP) is 4.76. The summed E-state index contributed by atoms with van der Waals surface area (Å²) in [6, 6.07) is 6.91. The molecule has 5 aromatic rings. The van der Waals surface area contributed by atoms with Gasteiger partial charge in [-0.3, -0.25) is 4.79 Å². The van der Waals surface area contributed by atoms with E-state index < -0.39 is 24.2 Å². The quantitative estimate of drug-likeness (QED) is 0.269. The van der Waals surface area contributed by atoms with Gasteiger partial charge in [0.1, 0.15) is 40.7 Å². The van der Waals surface area contributed by atoms with Gasteiger partial charge in [0.15, 0.2) is 17.3 Å². The summed E-state index contributed by atoms with van der Waals surface area (Å²) in [6.07, 6.45) is 2.80. The number of aromatic nitrogens is 6. The predicted molar refractivity (Wildman–Crippen MR) is 154 cm³/mol. The molecule has 0 aliphatic carbocycles. The van der Waals surface area contributed by atoms with Crippen LogP contribution in [0.25, 0.3) is 22.2 Å². The number of imidazole rings is 1. The third-order valence-corrected chi connectivity index (χ3v) is 7.30. The Labute approximate surface area is 243 Å². The van der Waals surface area contributed by atoms with Crippen LogP contribution in [-0.4, -0.2) is 72.4 Å². The summed E-state index contributed by atoms with van der Waals surface area (Å²) in [4.78, 5) is 36.7. The summed E-state index contributed by atoms with van der Waals surface area (Å²) >= 11 is 0. The van der Waals surface area contributed by atoms with Crippen molar-refractivity contribution in [2.45, 2.75) is 19.4 Å². The van der Waals surface area contributed by atoms with Crippen LogP contribution in [0, 0.1) is 12.7 Å². The van der Waals surface area contributed by atoms with Gasteiger partial charge < -0.3 is 24.4 Å². The first kappa shape index (κ1) is 27.9. The van der Waals surface area contributed by atoms with Gasteiger partial charge in [0.05, 0.1) is 23.7 Å². The maximum Gasteiger partial charge on any atom is 0.260 e. The monoisotopic (exact) mass is 589 g/mol. The summed E-state index contributed by atoms with van der Waals surface area (Å²) in [5.41, 5.74) is 2.53. The van der Waals surface area contributed by atoms with Crippen LogP contribution in [0.3, 0.4) is 0 Å². The molecule has 1 fully saturated rings. The Balaban J connectivity index is 1.25. The molecule has 5 heterocycles. The molecule has 1 N–H and O–H groups in total. The first-order chi connectivity index (χ1) is 20.7. The number of benzene rings is 1. The molecular formula is C29H26F3N9O2. The van der Waals surface area contributed by atoms with Crippen LogP contribution in [0.5, 0.6) is 11.5 Å². The minimum absolute atomic E-state index is 0.0840. The second-order valence-corrected chi connectivity index (χ2v) is 9.99. The molecule has 1 aromatic carbocycles. The summed E-state index contributed by atoms with van der Waals surface area (Å²) in [5, 5.41) is 2.99. The Morgan fingerprint density at radius 1 is 1.14 bits per heavy atom. The number of hydrogen-bond donors (Lipinski definition) is 1. The van der Waals surface area contributed by atoms with E-state index in [0.717, 1.165) is 11.0 Å². The van der Waals surface area contributed by atoms with Crippen molar-refractivity contribution in [3.63, 3.8) is 0 Å². The first-order valence-electron chi connectivity index (χ1n) is 13.3. The highest BCUT2D eigenvalue weighted by Crippen LogP contribution is 2.33. The van der Waals surface area contributed by atoms with E-state index in [9.17, 15) is 13.6 Å². The highest BCUT2D eigenvalue weighted by atomic mass is 19.3. The fourth-order valence-corrected chi connectivity index (χ4v) is 5.00. The molecule has 4 aromatic heterocycles. The fraction of sp³-hybridized carbons (Fsp3) is 0.241. The lowest BCUT2D eigenvalue weighted by atomic mass is 10.1. The van der Waals surface area contributed by atoms with E-state index in [4.69, 9.17) is 4.74 Å². The van der Waals surface area contributed by atoms with Gasteiger partial charge >= 0.3 is 0 Å². The maximum absolute atomic E-state index is 15.6. The Kier molecular flexibility index (Phi) is 7.26. The van der Waals surface area contributed by atoms with E-state index >= 15 is 4.39 Å². The van der Waals surface area contributed by atoms with Gasteiger partial charge in [-0.1, -0.05) is 6.58 Å². The average molecular weight is 590 g/mol. The van der Waals surface area contributed by atoms with Gasteiger partial charge in [0.2, 0.25) is 5.91 Å². The second-order valence-electron chi connectivity index (χ2n) is 9.99. The molecule has 14 heteroatoms. The third kappa shape index (κ3) is 5.27. The van der Waals surface area contributed by atoms with Crippen LogP contribution < -0.4 is 15.0 Å². The fourth-order valence-electron chi connectivity index (χ4n) is 5.00. The smallest absolute Gasteiger partial charge is 0.260 e. The number of hydrogen-bond acceptors (Lipinski definition) is 9. The number of aryl methyl sites for hydroxylation is 1. The molecule has 6 rings (SSSR count). The molecule has 1 amide bonds. The van der Waals surface area contributed by atoms with E-state index in [1.807, 2.05) is 7.05 Å². The van der Waals surface area contributed by atoms with Gasteiger partial charge in [0, 0.05) is 38.3 Å². The largest absolute Gasteiger partial charge is 0.455 e. The van der Waals surface area contributed by atoms with Crippen LogP contribution in [0.4, 0.5) is 30.5 Å². The lowest BCUT2D eigenvalue weighted by molar-refractivity contribution is -0.132. The Morgan fingerprint density at radius 3 is 2.77 bits per heavy atom. The molecule has 1 atom stereocenters. The maximum atomic E-state index is 15.6. The van der Waals surface area contributed by atoms with E-state index in [-0.39, 0.29) is 36.7 Å². The number of carbonyl (C=O) groups is 1. The zero-order valence-corrected chi connectivity index (χ0v) is 23.2. The van der Waals surface area contributed by atoms with Crippen molar-refractivity contribution >= 4 is 45.4 Å². The molecule has 220 valence electrons. The molecule has 0 spiro atoms. The number of alkyl halides is 2. The Hall–Kier alpha value is -5.27. The molecule has 43 heavy (non-hydrogen) atoms. The van der Waals surface area contributed by atoms with E-state index in [0.29, 0.717) is 39.5 Å². The minimum Gasteiger partial charge on any atom is -0.455 e. The Bertz CT molecular complexity index is 1860. The molecule has 1 aliphatic rings. The van der Waals surface area contributed by atoms with Gasteiger partial charge in [-0.05, 0) is 37.3 Å². The standard InChI is InChI=1S/C29H26F3N9O2/c1-4-24(42)41-10-9-40(13-21(41)27(31)32)23-8-6-19-26(38-23)28(35-14-34-19)37-18-5-7-22(16(2)25(18)30)43-17-11-20-29(33-12-17)39(3)15-36-20/h4-8,11-12,14-15,21,27H,1,9-10,13H2,2-3H3,(H,34,35,37)/t21-/m1/s1. The highest BCUT2D eigenvalue weighted by Gasteiger charge is 2.36. The summed E-state index contributed by atoms with van der Waals surface area (Å²) < 4.78 is 51.0. The lowest BCUT2D eigenvalue weighted by Gasteiger charge is -2.41. The van der Waals surface area contributed by atoms with Crippen molar-refractivity contribution in [2.24, 2.45) is 7.05 Å². The average Bonchev–Trinajstić information content (AvgIpc) is 3.39. The Morgan fingerprint density at radius 2 is 1.98 bits per heavy atom. The summed E-state index contributed by atoms with van der Waals surface area (Å²) in [7, 11) is 1.84. The summed E-state index contributed by atoms with van der Waals surface area (Å²) in [6.45, 7) is 5.25. The zero-order valence-electron chi connectivity index (χ0n) is 23.2. The number of pyridine rings is 2. The van der Waals surface area contributed by atoms with Crippen LogP contribution >= 0.6 is 0 Å². The molecule has 0 bridgehead atoms. The molecule has 0 radical (unpaired) electrons. The van der Waals surface area contributed by atoms with Crippen LogP contribution in [0.2, 0.25) is 0 Å². The number of carbonyl (C=O) groups excluding carboxylic acids is 1. The molecule has 1 saturated heterocycles. The number of halogens is 3. The van der Waals surface area contributed by atoms with Gasteiger partial charge in [-0.2, -0.15) is 0 Å². The SMILES string of the molecule is C=CC(=O)N1CCN(c2ccc3ncnc(Nc4ccc(Oc5cnc6c(c5)ncn6C)c(C)c4F)c3n2)C[C@@H]1C(F)F. The van der Waals surface area contributed by atoms with Gasteiger partial charge in [-0.15, -0.1) is 0 Å². The van der Waals surface area contributed by atoms with E-state index in [1.54, 1.807) is 53.2 Å². The first-order valence-corrected chi connectivity index (χ1v) is 13.3. The number of anilines is 3. The van der Waals surface area contributed by atoms with Crippen molar-refractivity contribution in [3.05, 3.63) is 73.2 Å². The van der Waals surface area contributed by atoms with Crippen molar-refractivity contribution in [1.82, 2.24) is 34.4 Å². The van der Waals surface area contributed by atoms with Crippen molar-refractivity contribution in [2.75, 3.05) is 29.9 Å².